The molecule has 0 aliphatic heterocycles. The summed E-state index contributed by atoms with van der Waals surface area (Å²) in [7, 11) is 1.51. The average molecular weight is 358 g/mol. The summed E-state index contributed by atoms with van der Waals surface area (Å²) in [6, 6.07) is 14.9. The third-order valence-corrected chi connectivity index (χ3v) is 4.52. The van der Waals surface area contributed by atoms with Crippen LogP contribution >= 0.6 is 0 Å². The highest BCUT2D eigenvalue weighted by Gasteiger charge is 2.20. The van der Waals surface area contributed by atoms with Gasteiger partial charge in [0, 0.05) is 12.1 Å². The Balaban J connectivity index is 2.05. The number of ether oxygens (including phenoxy) is 2. The molecule has 3 aromatic carbocycles. The van der Waals surface area contributed by atoms with Gasteiger partial charge in [-0.25, -0.2) is 0 Å². The van der Waals surface area contributed by atoms with Crippen LogP contribution in [0.2, 0.25) is 0 Å². The number of benzene rings is 3. The smallest absolute Gasteiger partial charge is 0.204 e. The highest BCUT2D eigenvalue weighted by molar-refractivity contribution is 6.00. The van der Waals surface area contributed by atoms with Gasteiger partial charge in [-0.2, -0.15) is 0 Å². The molecule has 0 unspecified atom stereocenters. The number of rotatable bonds is 3. The monoisotopic (exact) mass is 358 g/mol. The fourth-order valence-corrected chi connectivity index (χ4v) is 3.15. The zero-order valence-corrected chi connectivity index (χ0v) is 15.3. The van der Waals surface area contributed by atoms with Gasteiger partial charge in [0.2, 0.25) is 5.43 Å². The summed E-state index contributed by atoms with van der Waals surface area (Å²) < 4.78 is 17.3. The fraction of sp³-hybridized carbons (Fsp3) is 0.174. The Morgan fingerprint density at radius 3 is 2.41 bits per heavy atom. The standard InChI is InChI=1S/C23H18O4/c1-5-23(2,3)27-16-12-19(25-4)21-20(13-16)26-18-11-15-9-7-6-8-14(15)10-17(18)22(21)24/h1,6-13H,2-4H3. The first kappa shape index (κ1) is 17.0. The minimum absolute atomic E-state index is 0.142. The molecular weight excluding hydrogens is 340 g/mol. The molecule has 0 fully saturated rings. The van der Waals surface area contributed by atoms with Crippen LogP contribution in [0, 0.1) is 12.3 Å². The summed E-state index contributed by atoms with van der Waals surface area (Å²) in [5.74, 6) is 3.45. The highest BCUT2D eigenvalue weighted by Crippen LogP contribution is 2.33. The van der Waals surface area contributed by atoms with Gasteiger partial charge in [-0.3, -0.25) is 4.79 Å². The average Bonchev–Trinajstić information content (AvgIpc) is 2.65. The first-order chi connectivity index (χ1) is 12.9. The van der Waals surface area contributed by atoms with Crippen LogP contribution in [0.25, 0.3) is 32.7 Å². The van der Waals surface area contributed by atoms with Gasteiger partial charge in [0.15, 0.2) is 5.60 Å². The molecule has 1 aromatic heterocycles. The Morgan fingerprint density at radius 2 is 1.74 bits per heavy atom. The second-order valence-electron chi connectivity index (χ2n) is 6.88. The van der Waals surface area contributed by atoms with Crippen molar-refractivity contribution in [2.24, 2.45) is 0 Å². The maximum Gasteiger partial charge on any atom is 0.204 e. The van der Waals surface area contributed by atoms with E-state index in [1.165, 1.54) is 7.11 Å². The molecule has 0 radical (unpaired) electrons. The molecule has 4 rings (SSSR count). The molecular formula is C23H18O4. The van der Waals surface area contributed by atoms with E-state index in [0.29, 0.717) is 33.4 Å². The van der Waals surface area contributed by atoms with Crippen molar-refractivity contribution >= 4 is 32.7 Å². The van der Waals surface area contributed by atoms with Crippen LogP contribution in [-0.4, -0.2) is 12.7 Å². The van der Waals surface area contributed by atoms with Crippen molar-refractivity contribution in [2.45, 2.75) is 19.4 Å². The second kappa shape index (κ2) is 6.07. The summed E-state index contributed by atoms with van der Waals surface area (Å²) in [5, 5.41) is 2.87. The minimum Gasteiger partial charge on any atom is -0.496 e. The van der Waals surface area contributed by atoms with Gasteiger partial charge < -0.3 is 13.9 Å². The molecule has 0 spiro atoms. The second-order valence-corrected chi connectivity index (χ2v) is 6.88. The normalized spacial score (nSPS) is 11.6. The molecule has 0 atom stereocenters. The van der Waals surface area contributed by atoms with E-state index in [1.54, 1.807) is 26.0 Å². The number of terminal acetylenes is 1. The van der Waals surface area contributed by atoms with Crippen LogP contribution in [0.5, 0.6) is 11.5 Å². The predicted molar refractivity (Wildman–Crippen MR) is 108 cm³/mol. The Kier molecular flexibility index (Phi) is 3.82. The summed E-state index contributed by atoms with van der Waals surface area (Å²) >= 11 is 0. The molecule has 4 nitrogen and oxygen atoms in total. The lowest BCUT2D eigenvalue weighted by atomic mass is 10.1. The lowest BCUT2D eigenvalue weighted by Gasteiger charge is -2.21. The fourth-order valence-electron chi connectivity index (χ4n) is 3.15. The van der Waals surface area contributed by atoms with E-state index in [-0.39, 0.29) is 5.43 Å². The first-order valence-electron chi connectivity index (χ1n) is 8.56. The van der Waals surface area contributed by atoms with Gasteiger partial charge in [0.05, 0.1) is 12.5 Å². The predicted octanol–water partition coefficient (Wildman–Crippen LogP) is 4.90. The molecule has 27 heavy (non-hydrogen) atoms. The summed E-state index contributed by atoms with van der Waals surface area (Å²) in [5.41, 5.74) is -0.0327. The van der Waals surface area contributed by atoms with Crippen LogP contribution in [0.4, 0.5) is 0 Å². The number of hydrogen-bond acceptors (Lipinski definition) is 4. The Morgan fingerprint density at radius 1 is 1.04 bits per heavy atom. The molecule has 0 N–H and O–H groups in total. The molecule has 4 aromatic rings. The zero-order chi connectivity index (χ0) is 19.2. The van der Waals surface area contributed by atoms with Crippen molar-refractivity contribution in [3.63, 3.8) is 0 Å². The third-order valence-electron chi connectivity index (χ3n) is 4.52. The van der Waals surface area contributed by atoms with E-state index in [1.807, 2.05) is 36.4 Å². The molecule has 134 valence electrons. The van der Waals surface area contributed by atoms with Crippen LogP contribution in [-0.2, 0) is 0 Å². The van der Waals surface area contributed by atoms with Crippen molar-refractivity contribution in [2.75, 3.05) is 7.11 Å². The third kappa shape index (κ3) is 2.88. The van der Waals surface area contributed by atoms with Gasteiger partial charge in [-0.1, -0.05) is 30.2 Å². The maximum absolute atomic E-state index is 13.2. The largest absolute Gasteiger partial charge is 0.496 e. The SMILES string of the molecule is C#CC(C)(C)Oc1cc(OC)c2c(=O)c3cc4ccccc4cc3oc2c1. The molecule has 0 saturated heterocycles. The number of fused-ring (bicyclic) bond motifs is 3. The minimum atomic E-state index is -0.800. The van der Waals surface area contributed by atoms with E-state index in [4.69, 9.17) is 20.3 Å². The summed E-state index contributed by atoms with van der Waals surface area (Å²) in [4.78, 5) is 13.2. The number of hydrogen-bond donors (Lipinski definition) is 0. The quantitative estimate of drug-likeness (QED) is 0.386. The van der Waals surface area contributed by atoms with Gasteiger partial charge in [0.25, 0.3) is 0 Å². The zero-order valence-electron chi connectivity index (χ0n) is 15.3. The molecule has 0 bridgehead atoms. The van der Waals surface area contributed by atoms with E-state index in [2.05, 4.69) is 5.92 Å². The van der Waals surface area contributed by atoms with Crippen LogP contribution in [0.1, 0.15) is 13.8 Å². The Bertz CT molecular complexity index is 1290. The van der Waals surface area contributed by atoms with Crippen LogP contribution in [0.3, 0.4) is 0 Å². The maximum atomic E-state index is 13.2. The molecule has 0 saturated carbocycles. The van der Waals surface area contributed by atoms with E-state index < -0.39 is 5.60 Å². The Hall–Kier alpha value is -3.45. The van der Waals surface area contributed by atoms with Crippen LogP contribution in [0.15, 0.2) is 57.7 Å². The van der Waals surface area contributed by atoms with Crippen molar-refractivity contribution in [1.82, 2.24) is 0 Å². The van der Waals surface area contributed by atoms with E-state index >= 15 is 0 Å². The van der Waals surface area contributed by atoms with Gasteiger partial charge in [0.1, 0.15) is 28.1 Å². The molecule has 0 aliphatic carbocycles. The first-order valence-corrected chi connectivity index (χ1v) is 8.56. The lowest BCUT2D eigenvalue weighted by molar-refractivity contribution is 0.172. The van der Waals surface area contributed by atoms with Crippen molar-refractivity contribution in [1.29, 1.82) is 0 Å². The molecule has 4 heteroatoms. The van der Waals surface area contributed by atoms with Gasteiger partial charge in [-0.15, -0.1) is 6.42 Å². The van der Waals surface area contributed by atoms with E-state index in [0.717, 1.165) is 10.8 Å². The summed E-state index contributed by atoms with van der Waals surface area (Å²) in [6.07, 6.45) is 5.51. The molecule has 1 heterocycles. The summed E-state index contributed by atoms with van der Waals surface area (Å²) in [6.45, 7) is 3.57. The highest BCUT2D eigenvalue weighted by atomic mass is 16.5. The van der Waals surface area contributed by atoms with Crippen molar-refractivity contribution < 1.29 is 13.9 Å². The topological polar surface area (TPSA) is 48.7 Å². The van der Waals surface area contributed by atoms with Crippen LogP contribution < -0.4 is 14.9 Å². The molecule has 0 amide bonds. The lowest BCUT2D eigenvalue weighted by Crippen LogP contribution is -2.25. The van der Waals surface area contributed by atoms with Gasteiger partial charge in [-0.05, 0) is 36.8 Å². The van der Waals surface area contributed by atoms with Gasteiger partial charge >= 0.3 is 0 Å². The number of methoxy groups -OCH3 is 1. The Labute approximate surface area is 156 Å². The van der Waals surface area contributed by atoms with Crippen molar-refractivity contribution in [3.05, 3.63) is 58.8 Å². The van der Waals surface area contributed by atoms with E-state index in [9.17, 15) is 4.79 Å². The molecule has 0 aliphatic rings. The van der Waals surface area contributed by atoms with Crippen molar-refractivity contribution in [3.8, 4) is 23.8 Å².